The highest BCUT2D eigenvalue weighted by molar-refractivity contribution is 8.04. The Labute approximate surface area is 189 Å². The Bertz CT molecular complexity index is 1170. The zero-order valence-corrected chi connectivity index (χ0v) is 18.4. The molecule has 0 aliphatic carbocycles. The Morgan fingerprint density at radius 2 is 1.48 bits per heavy atom. The minimum atomic E-state index is -0.389. The molecule has 0 saturated carbocycles. The summed E-state index contributed by atoms with van der Waals surface area (Å²) in [7, 11) is 3.11. The van der Waals surface area contributed by atoms with Gasteiger partial charge in [0, 0.05) is 16.0 Å². The molecule has 0 unspecified atom stereocenters. The largest absolute Gasteiger partial charge is 0.497 e. The van der Waals surface area contributed by atoms with Crippen molar-refractivity contribution < 1.29 is 19.1 Å². The lowest BCUT2D eigenvalue weighted by molar-refractivity contribution is -0.119. The van der Waals surface area contributed by atoms with Gasteiger partial charge in [0.25, 0.3) is 11.8 Å². The molecule has 3 aromatic carbocycles. The van der Waals surface area contributed by atoms with Crippen LogP contribution in [0.4, 0.5) is 5.69 Å². The predicted octanol–water partition coefficient (Wildman–Crippen LogP) is 5.43. The van der Waals surface area contributed by atoms with Gasteiger partial charge in [-0.1, -0.05) is 41.6 Å². The molecule has 5 nitrogen and oxygen atoms in total. The Morgan fingerprint density at radius 1 is 0.806 bits per heavy atom. The number of carbonyl (C=O) groups excluding carboxylic acids is 2. The second-order valence-electron chi connectivity index (χ2n) is 6.64. The van der Waals surface area contributed by atoms with Crippen molar-refractivity contribution >= 4 is 46.4 Å². The molecular weight excluding hydrogens is 434 g/mol. The van der Waals surface area contributed by atoms with Crippen LogP contribution < -0.4 is 14.4 Å². The van der Waals surface area contributed by atoms with E-state index in [9.17, 15) is 9.59 Å². The summed E-state index contributed by atoms with van der Waals surface area (Å²) in [6.07, 6.45) is 0. The van der Waals surface area contributed by atoms with Crippen molar-refractivity contribution in [2.45, 2.75) is 4.90 Å². The molecule has 0 fully saturated rings. The Balaban J connectivity index is 1.80. The van der Waals surface area contributed by atoms with E-state index in [-0.39, 0.29) is 11.8 Å². The van der Waals surface area contributed by atoms with Crippen molar-refractivity contribution in [3.63, 3.8) is 0 Å². The van der Waals surface area contributed by atoms with Crippen LogP contribution in [-0.2, 0) is 9.59 Å². The van der Waals surface area contributed by atoms with E-state index < -0.39 is 0 Å². The first-order valence-electron chi connectivity index (χ1n) is 9.37. The number of rotatable bonds is 6. The molecule has 2 amide bonds. The summed E-state index contributed by atoms with van der Waals surface area (Å²) < 4.78 is 10.5. The van der Waals surface area contributed by atoms with Crippen molar-refractivity contribution in [3.8, 4) is 11.5 Å². The minimum absolute atomic E-state index is 0.343. The molecule has 0 bridgehead atoms. The molecule has 31 heavy (non-hydrogen) atoms. The molecule has 0 spiro atoms. The van der Waals surface area contributed by atoms with E-state index >= 15 is 0 Å². The second kappa shape index (κ2) is 8.88. The predicted molar refractivity (Wildman–Crippen MR) is 123 cm³/mol. The first-order chi connectivity index (χ1) is 15.0. The number of halogens is 1. The topological polar surface area (TPSA) is 55.8 Å². The summed E-state index contributed by atoms with van der Waals surface area (Å²) in [6.45, 7) is 0. The van der Waals surface area contributed by atoms with E-state index in [1.807, 2.05) is 12.1 Å². The summed E-state index contributed by atoms with van der Waals surface area (Å²) in [5.74, 6) is 0.449. The first-order valence-corrected chi connectivity index (χ1v) is 10.6. The number of carbonyl (C=O) groups is 2. The Morgan fingerprint density at radius 3 is 2.13 bits per heavy atom. The van der Waals surface area contributed by atoms with Crippen molar-refractivity contribution in [1.82, 2.24) is 0 Å². The summed E-state index contributed by atoms with van der Waals surface area (Å²) >= 11 is 7.23. The van der Waals surface area contributed by atoms with Crippen LogP contribution in [0, 0.1) is 0 Å². The van der Waals surface area contributed by atoms with Crippen molar-refractivity contribution in [1.29, 1.82) is 0 Å². The molecule has 156 valence electrons. The normalized spacial score (nSPS) is 13.7. The Hall–Kier alpha value is -3.22. The van der Waals surface area contributed by atoms with Crippen LogP contribution in [-0.4, -0.2) is 26.0 Å². The van der Waals surface area contributed by atoms with Gasteiger partial charge in [0.15, 0.2) is 0 Å². The van der Waals surface area contributed by atoms with Gasteiger partial charge in [-0.25, -0.2) is 4.90 Å². The lowest BCUT2D eigenvalue weighted by Gasteiger charge is -2.16. The molecule has 7 heteroatoms. The zero-order chi connectivity index (χ0) is 22.0. The third-order valence-corrected chi connectivity index (χ3v) is 6.11. The number of imide groups is 1. The zero-order valence-electron chi connectivity index (χ0n) is 16.8. The van der Waals surface area contributed by atoms with Crippen LogP contribution in [0.25, 0.3) is 5.57 Å². The quantitative estimate of drug-likeness (QED) is 0.467. The lowest BCUT2D eigenvalue weighted by atomic mass is 10.1. The molecule has 0 saturated heterocycles. The van der Waals surface area contributed by atoms with Gasteiger partial charge in [-0.3, -0.25) is 9.59 Å². The van der Waals surface area contributed by atoms with Gasteiger partial charge in [-0.2, -0.15) is 0 Å². The summed E-state index contributed by atoms with van der Waals surface area (Å²) in [5.41, 5.74) is 1.43. The average Bonchev–Trinajstić information content (AvgIpc) is 3.04. The van der Waals surface area contributed by atoms with Crippen LogP contribution >= 0.6 is 23.4 Å². The van der Waals surface area contributed by atoms with Crippen LogP contribution in [0.1, 0.15) is 5.56 Å². The number of thioether (sulfide) groups is 1. The van der Waals surface area contributed by atoms with Gasteiger partial charge in [-0.15, -0.1) is 0 Å². The van der Waals surface area contributed by atoms with Gasteiger partial charge in [0.2, 0.25) is 0 Å². The summed E-state index contributed by atoms with van der Waals surface area (Å²) in [5, 5.41) is 0.598. The summed E-state index contributed by atoms with van der Waals surface area (Å²) in [6, 6.07) is 21.1. The van der Waals surface area contributed by atoms with E-state index in [1.165, 1.54) is 23.8 Å². The van der Waals surface area contributed by atoms with Gasteiger partial charge < -0.3 is 9.47 Å². The van der Waals surface area contributed by atoms with E-state index in [2.05, 4.69) is 0 Å². The van der Waals surface area contributed by atoms with Crippen molar-refractivity contribution in [3.05, 3.63) is 88.3 Å². The number of amides is 2. The number of benzene rings is 3. The molecule has 3 aromatic rings. The van der Waals surface area contributed by atoms with E-state index in [1.54, 1.807) is 67.8 Å². The van der Waals surface area contributed by atoms with Gasteiger partial charge in [0.1, 0.15) is 11.5 Å². The molecule has 1 aliphatic heterocycles. The summed E-state index contributed by atoms with van der Waals surface area (Å²) in [4.78, 5) is 29.2. The van der Waals surface area contributed by atoms with Crippen LogP contribution in [0.5, 0.6) is 11.5 Å². The lowest BCUT2D eigenvalue weighted by Crippen LogP contribution is -2.31. The van der Waals surface area contributed by atoms with Crippen LogP contribution in [0.15, 0.2) is 82.6 Å². The van der Waals surface area contributed by atoms with E-state index in [0.717, 1.165) is 4.90 Å². The van der Waals surface area contributed by atoms with Crippen LogP contribution in [0.3, 0.4) is 0 Å². The molecule has 0 aromatic heterocycles. The van der Waals surface area contributed by atoms with Crippen LogP contribution in [0.2, 0.25) is 5.02 Å². The average molecular weight is 452 g/mol. The maximum Gasteiger partial charge on any atom is 0.272 e. The highest BCUT2D eigenvalue weighted by atomic mass is 35.5. The Kier molecular flexibility index (Phi) is 6.02. The number of hydrogen-bond acceptors (Lipinski definition) is 5. The highest BCUT2D eigenvalue weighted by Gasteiger charge is 2.40. The molecule has 1 heterocycles. The molecule has 0 atom stereocenters. The second-order valence-corrected chi connectivity index (χ2v) is 8.16. The number of anilines is 1. The van der Waals surface area contributed by atoms with E-state index in [4.69, 9.17) is 21.1 Å². The molecule has 0 radical (unpaired) electrons. The maximum absolute atomic E-state index is 13.5. The van der Waals surface area contributed by atoms with E-state index in [0.29, 0.717) is 38.3 Å². The van der Waals surface area contributed by atoms with Crippen molar-refractivity contribution in [2.24, 2.45) is 0 Å². The third kappa shape index (κ3) is 4.17. The standard InChI is InChI=1S/C24H18ClNO4S/c1-29-18-10-6-15(7-11-18)21-22(31-20-12-8-16(25)9-13-20)24(28)26(23(21)27)17-4-3-5-19(14-17)30-2/h3-14H,1-2H3. The fourth-order valence-electron chi connectivity index (χ4n) is 3.22. The fraction of sp³-hybridized carbons (Fsp3) is 0.0833. The number of hydrogen-bond donors (Lipinski definition) is 0. The third-order valence-electron chi connectivity index (χ3n) is 4.77. The number of methoxy groups -OCH3 is 2. The first kappa shape index (κ1) is 21.0. The fourth-order valence-corrected chi connectivity index (χ4v) is 4.34. The molecular formula is C24H18ClNO4S. The van der Waals surface area contributed by atoms with Gasteiger partial charge >= 0.3 is 0 Å². The smallest absolute Gasteiger partial charge is 0.272 e. The monoisotopic (exact) mass is 451 g/mol. The van der Waals surface area contributed by atoms with Crippen molar-refractivity contribution in [2.75, 3.05) is 19.1 Å². The molecule has 0 N–H and O–H groups in total. The van der Waals surface area contributed by atoms with Gasteiger partial charge in [0.05, 0.1) is 30.4 Å². The molecule has 4 rings (SSSR count). The molecule has 1 aliphatic rings. The number of nitrogens with zero attached hydrogens (tertiary/aromatic N) is 1. The minimum Gasteiger partial charge on any atom is -0.497 e. The number of ether oxygens (including phenoxy) is 2. The maximum atomic E-state index is 13.5. The van der Waals surface area contributed by atoms with Gasteiger partial charge in [-0.05, 0) is 54.1 Å². The SMILES string of the molecule is COc1ccc(C2=C(Sc3ccc(Cl)cc3)C(=O)N(c3cccc(OC)c3)C2=O)cc1. The highest BCUT2D eigenvalue weighted by Crippen LogP contribution is 2.42.